The first-order valence-corrected chi connectivity index (χ1v) is 4.95. The van der Waals surface area contributed by atoms with Gasteiger partial charge >= 0.3 is 12.2 Å². The lowest BCUT2D eigenvalue weighted by Crippen LogP contribution is -2.43. The molecule has 0 aromatic carbocycles. The van der Waals surface area contributed by atoms with E-state index in [4.69, 9.17) is 9.84 Å². The zero-order valence-corrected chi connectivity index (χ0v) is 9.65. The van der Waals surface area contributed by atoms with Crippen LogP contribution in [0.1, 0.15) is 20.8 Å². The highest BCUT2D eigenvalue weighted by Crippen LogP contribution is 1.91. The number of carbonyl (C=O) groups excluding carboxylic acids is 2. The summed E-state index contributed by atoms with van der Waals surface area (Å²) in [5, 5.41) is 8.81. The monoisotopic (exact) mass is 234 g/mol. The van der Waals surface area contributed by atoms with Crippen LogP contribution in [0.25, 0.3) is 0 Å². The molecule has 0 rings (SSSR count). The number of aliphatic hydroxyl groups is 1. The third-order valence-corrected chi connectivity index (χ3v) is 1.27. The van der Waals surface area contributed by atoms with E-state index in [9.17, 15) is 9.59 Å². The van der Waals surface area contributed by atoms with Crippen molar-refractivity contribution in [2.24, 2.45) is 5.92 Å². The van der Waals surface area contributed by atoms with Gasteiger partial charge < -0.3 is 14.6 Å². The maximum Gasteiger partial charge on any atom is 0.426 e. The van der Waals surface area contributed by atoms with E-state index in [1.807, 2.05) is 24.7 Å². The molecule has 0 saturated heterocycles. The van der Waals surface area contributed by atoms with Crippen LogP contribution >= 0.6 is 0 Å². The second kappa shape index (κ2) is 7.75. The normalized spacial score (nSPS) is 11.8. The van der Waals surface area contributed by atoms with Crippen LogP contribution in [0.15, 0.2) is 0 Å². The predicted molar refractivity (Wildman–Crippen MR) is 55.5 cm³/mol. The van der Waals surface area contributed by atoms with Crippen LogP contribution in [-0.2, 0) is 9.47 Å². The molecule has 0 aliphatic rings. The van der Waals surface area contributed by atoms with Gasteiger partial charge in [0.2, 0.25) is 0 Å². The fourth-order valence-electron chi connectivity index (χ4n) is 0.613. The molecule has 3 N–H and O–H groups in total. The van der Waals surface area contributed by atoms with Crippen molar-refractivity contribution in [3.8, 4) is 0 Å². The van der Waals surface area contributed by atoms with Crippen LogP contribution in [0.4, 0.5) is 9.59 Å². The largest absolute Gasteiger partial charge is 0.448 e. The molecule has 0 radical (unpaired) electrons. The van der Waals surface area contributed by atoms with E-state index in [-0.39, 0.29) is 19.1 Å². The van der Waals surface area contributed by atoms with E-state index in [1.165, 1.54) is 6.92 Å². The molecule has 0 fully saturated rings. The second-order valence-corrected chi connectivity index (χ2v) is 3.69. The molecule has 0 saturated carbocycles. The van der Waals surface area contributed by atoms with Crippen molar-refractivity contribution in [2.45, 2.75) is 26.9 Å². The van der Waals surface area contributed by atoms with Gasteiger partial charge in [-0.3, -0.25) is 0 Å². The van der Waals surface area contributed by atoms with Gasteiger partial charge in [0.25, 0.3) is 0 Å². The van der Waals surface area contributed by atoms with Gasteiger partial charge in [0, 0.05) is 0 Å². The molecule has 7 heteroatoms. The van der Waals surface area contributed by atoms with Gasteiger partial charge in [-0.2, -0.15) is 0 Å². The van der Waals surface area contributed by atoms with Crippen LogP contribution in [-0.4, -0.2) is 36.6 Å². The van der Waals surface area contributed by atoms with Gasteiger partial charge in [-0.1, -0.05) is 13.8 Å². The summed E-state index contributed by atoms with van der Waals surface area (Å²) in [4.78, 5) is 21.8. The smallest absolute Gasteiger partial charge is 0.426 e. The van der Waals surface area contributed by atoms with Crippen molar-refractivity contribution < 1.29 is 24.2 Å². The second-order valence-electron chi connectivity index (χ2n) is 3.69. The molecular weight excluding hydrogens is 216 g/mol. The molecular formula is C9H18N2O5. The Hall–Kier alpha value is -1.50. The third-order valence-electron chi connectivity index (χ3n) is 1.27. The molecule has 0 bridgehead atoms. The SMILES string of the molecule is CC(C)COC(=O)NNC(=O)OCC(C)O. The fourth-order valence-corrected chi connectivity index (χ4v) is 0.613. The van der Waals surface area contributed by atoms with Crippen molar-refractivity contribution in [3.63, 3.8) is 0 Å². The molecule has 7 nitrogen and oxygen atoms in total. The number of nitrogens with one attached hydrogen (secondary N) is 2. The Kier molecular flexibility index (Phi) is 7.02. The predicted octanol–water partition coefficient (Wildman–Crippen LogP) is 0.391. The number of ether oxygens (including phenoxy) is 2. The molecule has 0 aliphatic heterocycles. The van der Waals surface area contributed by atoms with E-state index in [0.29, 0.717) is 0 Å². The zero-order chi connectivity index (χ0) is 12.6. The number of rotatable bonds is 4. The van der Waals surface area contributed by atoms with Crippen LogP contribution in [0.2, 0.25) is 0 Å². The number of amides is 2. The fraction of sp³-hybridized carbons (Fsp3) is 0.778. The molecule has 0 aliphatic carbocycles. The highest BCUT2D eigenvalue weighted by atomic mass is 16.6. The van der Waals surface area contributed by atoms with Gasteiger partial charge in [0.15, 0.2) is 0 Å². The Morgan fingerprint density at radius 3 is 1.88 bits per heavy atom. The highest BCUT2D eigenvalue weighted by molar-refractivity contribution is 5.73. The molecule has 1 atom stereocenters. The molecule has 0 heterocycles. The lowest BCUT2D eigenvalue weighted by molar-refractivity contribution is 0.0738. The maximum absolute atomic E-state index is 10.9. The Morgan fingerprint density at radius 2 is 1.50 bits per heavy atom. The number of aliphatic hydroxyl groups excluding tert-OH is 1. The van der Waals surface area contributed by atoms with Crippen LogP contribution in [0.3, 0.4) is 0 Å². The lowest BCUT2D eigenvalue weighted by Gasteiger charge is -2.10. The minimum Gasteiger partial charge on any atom is -0.448 e. The molecule has 0 spiro atoms. The van der Waals surface area contributed by atoms with E-state index >= 15 is 0 Å². The van der Waals surface area contributed by atoms with Crippen molar-refractivity contribution in [1.29, 1.82) is 0 Å². The van der Waals surface area contributed by atoms with Gasteiger partial charge in [0.1, 0.15) is 6.61 Å². The van der Waals surface area contributed by atoms with Crippen LogP contribution in [0, 0.1) is 5.92 Å². The summed E-state index contributed by atoms with van der Waals surface area (Å²) >= 11 is 0. The van der Waals surface area contributed by atoms with E-state index in [1.54, 1.807) is 0 Å². The molecule has 1 unspecified atom stereocenters. The van der Waals surface area contributed by atoms with Crippen LogP contribution in [0.5, 0.6) is 0 Å². The third kappa shape index (κ3) is 9.07. The molecule has 94 valence electrons. The summed E-state index contributed by atoms with van der Waals surface area (Å²) in [6.07, 6.45) is -2.37. The summed E-state index contributed by atoms with van der Waals surface area (Å²) in [5.41, 5.74) is 3.96. The number of hydrazine groups is 1. The quantitative estimate of drug-likeness (QED) is 0.611. The molecule has 0 aromatic rings. The summed E-state index contributed by atoms with van der Waals surface area (Å²) in [6, 6.07) is 0. The van der Waals surface area contributed by atoms with Crippen molar-refractivity contribution in [3.05, 3.63) is 0 Å². The summed E-state index contributed by atoms with van der Waals surface area (Å²) in [6.45, 7) is 5.36. The maximum atomic E-state index is 10.9. The van der Waals surface area contributed by atoms with Gasteiger partial charge in [-0.15, -0.1) is 0 Å². The van der Waals surface area contributed by atoms with E-state index < -0.39 is 18.3 Å². The molecule has 16 heavy (non-hydrogen) atoms. The Bertz CT molecular complexity index is 206. The zero-order valence-electron chi connectivity index (χ0n) is 9.65. The van der Waals surface area contributed by atoms with E-state index in [2.05, 4.69) is 4.74 Å². The number of hydrogen-bond donors (Lipinski definition) is 3. The topological polar surface area (TPSA) is 96.9 Å². The minimum atomic E-state index is -0.859. The average Bonchev–Trinajstić information content (AvgIpc) is 2.20. The van der Waals surface area contributed by atoms with E-state index in [0.717, 1.165) is 0 Å². The minimum absolute atomic E-state index is 0.144. The molecule has 2 amide bonds. The first-order valence-electron chi connectivity index (χ1n) is 4.95. The first kappa shape index (κ1) is 14.5. The van der Waals surface area contributed by atoms with Crippen molar-refractivity contribution in [2.75, 3.05) is 13.2 Å². The van der Waals surface area contributed by atoms with Gasteiger partial charge in [0.05, 0.1) is 12.7 Å². The van der Waals surface area contributed by atoms with Gasteiger partial charge in [-0.05, 0) is 12.8 Å². The first-order chi connectivity index (χ1) is 7.41. The number of hydrogen-bond acceptors (Lipinski definition) is 5. The number of carbonyl (C=O) groups is 2. The van der Waals surface area contributed by atoms with Crippen LogP contribution < -0.4 is 10.9 Å². The summed E-state index contributed by atoms with van der Waals surface area (Å²) in [7, 11) is 0. The Morgan fingerprint density at radius 1 is 1.06 bits per heavy atom. The molecule has 0 aromatic heterocycles. The Balaban J connectivity index is 3.55. The lowest BCUT2D eigenvalue weighted by atomic mass is 10.2. The Labute approximate surface area is 94.1 Å². The summed E-state index contributed by atoms with van der Waals surface area (Å²) in [5.74, 6) is 0.216. The standard InChI is InChI=1S/C9H18N2O5/c1-6(2)4-15-8(13)10-11-9(14)16-5-7(3)12/h6-7,12H,4-5H2,1-3H3,(H,10,13)(H,11,14). The van der Waals surface area contributed by atoms with Gasteiger partial charge in [-0.25, -0.2) is 20.4 Å². The average molecular weight is 234 g/mol. The summed E-state index contributed by atoms with van der Waals surface area (Å²) < 4.78 is 9.22. The van der Waals surface area contributed by atoms with Crippen molar-refractivity contribution in [1.82, 2.24) is 10.9 Å². The van der Waals surface area contributed by atoms with Crippen molar-refractivity contribution >= 4 is 12.2 Å². The highest BCUT2D eigenvalue weighted by Gasteiger charge is 2.07.